The second-order valence-electron chi connectivity index (χ2n) is 9.98. The molecule has 1 saturated heterocycles. The van der Waals surface area contributed by atoms with Crippen molar-refractivity contribution in [1.29, 1.82) is 0 Å². The molecule has 4 N–H and O–H groups in total. The van der Waals surface area contributed by atoms with Gasteiger partial charge >= 0.3 is 6.09 Å². The summed E-state index contributed by atoms with van der Waals surface area (Å²) in [6, 6.07) is 24.6. The normalized spacial score (nSPS) is 13.8. The second-order valence-corrected chi connectivity index (χ2v) is 10.9. The van der Waals surface area contributed by atoms with Gasteiger partial charge in [0.2, 0.25) is 5.91 Å². The molecule has 1 fully saturated rings. The van der Waals surface area contributed by atoms with E-state index in [0.717, 1.165) is 21.6 Å². The summed E-state index contributed by atoms with van der Waals surface area (Å²) in [7, 11) is 0. The molecule has 3 amide bonds. The van der Waals surface area contributed by atoms with Gasteiger partial charge in [-0.1, -0.05) is 54.6 Å². The smallest absolute Gasteiger partial charge is 0.408 e. The zero-order valence-electron chi connectivity index (χ0n) is 22.9. The summed E-state index contributed by atoms with van der Waals surface area (Å²) in [6.07, 6.45) is -1.02. The van der Waals surface area contributed by atoms with Crippen LogP contribution in [-0.4, -0.2) is 65.2 Å². The van der Waals surface area contributed by atoms with E-state index in [2.05, 4.69) is 5.32 Å². The molecule has 0 bridgehead atoms. The highest BCUT2D eigenvalue weighted by Gasteiger charge is 2.34. The summed E-state index contributed by atoms with van der Waals surface area (Å²) in [5.41, 5.74) is 10.0. The molecular formula is C32H32N4O5S. The van der Waals surface area contributed by atoms with Gasteiger partial charge in [-0.3, -0.25) is 14.5 Å². The summed E-state index contributed by atoms with van der Waals surface area (Å²) >= 11 is 1.60. The standard InChI is InChI=1S/C32H32N4O5S/c33-26-13-12-25(29-7-4-18-42-29)20-27(26)34-30(37)24-10-8-22(9-11-24)19-28(31(38)35-14-16-41-17-15-35)36(32(39)40)21-23-5-2-1-3-6-23/h1-13,18,20,28H,14-17,19,21,33H2,(H,34,37)(H,39,40)/t28-/m0/s1. The lowest BCUT2D eigenvalue weighted by atomic mass is 10.0. The van der Waals surface area contributed by atoms with Crippen LogP contribution >= 0.6 is 11.3 Å². The first-order valence-corrected chi connectivity index (χ1v) is 14.5. The first-order chi connectivity index (χ1) is 20.4. The van der Waals surface area contributed by atoms with Gasteiger partial charge in [-0.15, -0.1) is 11.3 Å². The fraction of sp³-hybridized carbons (Fsp3) is 0.219. The third-order valence-electron chi connectivity index (χ3n) is 7.18. The first-order valence-electron chi connectivity index (χ1n) is 13.6. The maximum absolute atomic E-state index is 13.7. The van der Waals surface area contributed by atoms with Crippen molar-refractivity contribution in [3.05, 3.63) is 107 Å². The van der Waals surface area contributed by atoms with Crippen molar-refractivity contribution in [2.45, 2.75) is 19.0 Å². The van der Waals surface area contributed by atoms with Gasteiger partial charge in [-0.2, -0.15) is 0 Å². The molecular weight excluding hydrogens is 552 g/mol. The lowest BCUT2D eigenvalue weighted by Gasteiger charge is -2.35. The van der Waals surface area contributed by atoms with E-state index in [9.17, 15) is 19.5 Å². The Bertz CT molecular complexity index is 1520. The Kier molecular flexibility index (Phi) is 9.15. The number of ether oxygens (including phenoxy) is 1. The number of rotatable bonds is 9. The molecule has 4 aromatic rings. The van der Waals surface area contributed by atoms with E-state index in [0.29, 0.717) is 43.2 Å². The quantitative estimate of drug-likeness (QED) is 0.232. The van der Waals surface area contributed by atoms with Crippen LogP contribution < -0.4 is 11.1 Å². The monoisotopic (exact) mass is 584 g/mol. The van der Waals surface area contributed by atoms with Crippen molar-refractivity contribution >= 4 is 40.6 Å². The van der Waals surface area contributed by atoms with Gasteiger partial charge in [0, 0.05) is 36.5 Å². The van der Waals surface area contributed by atoms with Crippen molar-refractivity contribution < 1.29 is 24.2 Å². The van der Waals surface area contributed by atoms with Crippen LogP contribution in [0, 0.1) is 0 Å². The predicted molar refractivity (Wildman–Crippen MR) is 163 cm³/mol. The Morgan fingerprint density at radius 3 is 2.36 bits per heavy atom. The lowest BCUT2D eigenvalue weighted by Crippen LogP contribution is -2.53. The van der Waals surface area contributed by atoms with Gasteiger partial charge < -0.3 is 25.8 Å². The molecule has 0 aliphatic carbocycles. The predicted octanol–water partition coefficient (Wildman–Crippen LogP) is 5.20. The number of morpholine rings is 1. The number of anilines is 2. The highest BCUT2D eigenvalue weighted by atomic mass is 32.1. The number of hydrogen-bond acceptors (Lipinski definition) is 6. The molecule has 0 spiro atoms. The number of nitrogens with zero attached hydrogens (tertiary/aromatic N) is 2. The van der Waals surface area contributed by atoms with Gasteiger partial charge in [0.15, 0.2) is 0 Å². The highest BCUT2D eigenvalue weighted by molar-refractivity contribution is 7.13. The van der Waals surface area contributed by atoms with Gasteiger partial charge in [-0.05, 0) is 52.4 Å². The van der Waals surface area contributed by atoms with Crippen molar-refractivity contribution in [1.82, 2.24) is 9.80 Å². The van der Waals surface area contributed by atoms with Crippen LogP contribution in [0.25, 0.3) is 10.4 Å². The number of nitrogen functional groups attached to an aromatic ring is 1. The van der Waals surface area contributed by atoms with Crippen molar-refractivity contribution in [2.24, 2.45) is 0 Å². The molecule has 5 rings (SSSR count). The number of hydrogen-bond donors (Lipinski definition) is 3. The van der Waals surface area contributed by atoms with E-state index in [-0.39, 0.29) is 24.8 Å². The molecule has 1 atom stereocenters. The number of carbonyl (C=O) groups excluding carboxylic acids is 2. The Hall–Kier alpha value is -4.67. The Morgan fingerprint density at radius 2 is 1.69 bits per heavy atom. The fourth-order valence-corrected chi connectivity index (χ4v) is 5.61. The summed E-state index contributed by atoms with van der Waals surface area (Å²) in [6.45, 7) is 1.71. The minimum atomic E-state index is -1.18. The van der Waals surface area contributed by atoms with E-state index >= 15 is 0 Å². The number of benzene rings is 3. The first kappa shape index (κ1) is 28.8. The number of nitrogens with two attached hydrogens (primary N) is 1. The number of nitrogens with one attached hydrogen (secondary N) is 1. The van der Waals surface area contributed by atoms with Crippen LogP contribution in [0.15, 0.2) is 90.3 Å². The van der Waals surface area contributed by atoms with E-state index in [1.165, 1.54) is 4.90 Å². The third-order valence-corrected chi connectivity index (χ3v) is 8.10. The molecule has 2 heterocycles. The average molecular weight is 585 g/mol. The lowest BCUT2D eigenvalue weighted by molar-refractivity contribution is -0.140. The fourth-order valence-electron chi connectivity index (χ4n) is 4.89. The van der Waals surface area contributed by atoms with E-state index < -0.39 is 12.1 Å². The van der Waals surface area contributed by atoms with Gasteiger partial charge in [0.1, 0.15) is 6.04 Å². The zero-order chi connectivity index (χ0) is 29.5. The van der Waals surface area contributed by atoms with Crippen LogP contribution in [-0.2, 0) is 22.5 Å². The number of amides is 3. The maximum Gasteiger partial charge on any atom is 0.408 e. The van der Waals surface area contributed by atoms with E-state index in [1.54, 1.807) is 46.6 Å². The molecule has 42 heavy (non-hydrogen) atoms. The molecule has 0 saturated carbocycles. The SMILES string of the molecule is Nc1ccc(-c2cccs2)cc1NC(=O)c1ccc(C[C@@H](C(=O)N2CCOCC2)N(Cc2ccccc2)C(=O)O)cc1. The molecule has 1 aromatic heterocycles. The third kappa shape index (κ3) is 6.96. The summed E-state index contributed by atoms with van der Waals surface area (Å²) < 4.78 is 5.39. The van der Waals surface area contributed by atoms with E-state index in [4.69, 9.17) is 10.5 Å². The minimum absolute atomic E-state index is 0.0728. The summed E-state index contributed by atoms with van der Waals surface area (Å²) in [5.74, 6) is -0.590. The molecule has 1 aliphatic heterocycles. The zero-order valence-corrected chi connectivity index (χ0v) is 23.8. The van der Waals surface area contributed by atoms with Crippen LogP contribution in [0.3, 0.4) is 0 Å². The molecule has 0 radical (unpaired) electrons. The number of thiophene rings is 1. The summed E-state index contributed by atoms with van der Waals surface area (Å²) in [4.78, 5) is 43.1. The van der Waals surface area contributed by atoms with Gasteiger partial charge in [0.05, 0.1) is 24.6 Å². The number of carbonyl (C=O) groups is 3. The molecule has 0 unspecified atom stereocenters. The molecule has 1 aliphatic rings. The molecule has 9 nitrogen and oxygen atoms in total. The topological polar surface area (TPSA) is 125 Å². The Labute approximate surface area is 248 Å². The highest BCUT2D eigenvalue weighted by Crippen LogP contribution is 2.30. The summed E-state index contributed by atoms with van der Waals surface area (Å²) in [5, 5.41) is 15.0. The Morgan fingerprint density at radius 1 is 0.952 bits per heavy atom. The Balaban J connectivity index is 1.34. The largest absolute Gasteiger partial charge is 0.465 e. The minimum Gasteiger partial charge on any atom is -0.465 e. The molecule has 10 heteroatoms. The van der Waals surface area contributed by atoms with Gasteiger partial charge in [-0.25, -0.2) is 4.79 Å². The second kappa shape index (κ2) is 13.3. The molecule has 216 valence electrons. The average Bonchev–Trinajstić information content (AvgIpc) is 3.56. The van der Waals surface area contributed by atoms with Crippen LogP contribution in [0.4, 0.5) is 16.2 Å². The van der Waals surface area contributed by atoms with Crippen LogP contribution in [0.5, 0.6) is 0 Å². The van der Waals surface area contributed by atoms with Crippen molar-refractivity contribution in [3.63, 3.8) is 0 Å². The molecule has 3 aromatic carbocycles. The van der Waals surface area contributed by atoms with Crippen LogP contribution in [0.2, 0.25) is 0 Å². The van der Waals surface area contributed by atoms with Gasteiger partial charge in [0.25, 0.3) is 5.91 Å². The maximum atomic E-state index is 13.7. The van der Waals surface area contributed by atoms with Crippen LogP contribution in [0.1, 0.15) is 21.5 Å². The van der Waals surface area contributed by atoms with Crippen molar-refractivity contribution in [3.8, 4) is 10.4 Å². The van der Waals surface area contributed by atoms with E-state index in [1.807, 2.05) is 60.0 Å². The number of carboxylic acid groups (broad SMARTS) is 1. The van der Waals surface area contributed by atoms with Crippen molar-refractivity contribution in [2.75, 3.05) is 37.4 Å².